The number of rotatable bonds is 4. The molecule has 3 rings (SSSR count). The first-order valence-electron chi connectivity index (χ1n) is 10.1. The average Bonchev–Trinajstić information content (AvgIpc) is 3.29. The van der Waals surface area contributed by atoms with Crippen LogP contribution in [0, 0.1) is 12.8 Å². The van der Waals surface area contributed by atoms with Crippen LogP contribution in [0.3, 0.4) is 0 Å². The van der Waals surface area contributed by atoms with Gasteiger partial charge in [-0.15, -0.1) is 10.2 Å². The van der Waals surface area contributed by atoms with Gasteiger partial charge in [-0.3, -0.25) is 4.79 Å². The first-order valence-corrected chi connectivity index (χ1v) is 10.1. The summed E-state index contributed by atoms with van der Waals surface area (Å²) in [6, 6.07) is 0.500. The van der Waals surface area contributed by atoms with Crippen LogP contribution in [0.25, 0.3) is 0 Å². The van der Waals surface area contributed by atoms with Gasteiger partial charge in [-0.2, -0.15) is 0 Å². The number of hydrogen-bond donors (Lipinski definition) is 1. The number of hydrogen-bond acceptors (Lipinski definition) is 4. The number of carbonyl (C=O) groups excluding carboxylic acids is 1. The third kappa shape index (κ3) is 4.78. The lowest BCUT2D eigenvalue weighted by atomic mass is 10.1. The smallest absolute Gasteiger partial charge is 0.225 e. The van der Waals surface area contributed by atoms with E-state index in [0.717, 1.165) is 43.8 Å². The Morgan fingerprint density at radius 3 is 2.33 bits per heavy atom. The van der Waals surface area contributed by atoms with Crippen molar-refractivity contribution in [1.29, 1.82) is 0 Å². The normalized spacial score (nSPS) is 19.2. The fourth-order valence-corrected chi connectivity index (χ4v) is 3.73. The molecular formula is C19H33N7O. The van der Waals surface area contributed by atoms with Crippen LogP contribution in [0.15, 0.2) is 4.99 Å². The number of aryl methyl sites for hydroxylation is 1. The van der Waals surface area contributed by atoms with E-state index in [2.05, 4.69) is 20.4 Å². The Labute approximate surface area is 162 Å². The molecule has 1 amide bonds. The topological polar surface area (TPSA) is 78.7 Å². The number of carbonyl (C=O) groups is 1. The number of aliphatic imine (C=N–C) groups is 1. The van der Waals surface area contributed by atoms with Crippen molar-refractivity contribution in [3.8, 4) is 0 Å². The lowest BCUT2D eigenvalue weighted by Gasteiger charge is -2.38. The summed E-state index contributed by atoms with van der Waals surface area (Å²) in [5, 5.41) is 12.0. The van der Waals surface area contributed by atoms with Crippen molar-refractivity contribution in [3.05, 3.63) is 11.6 Å². The molecule has 1 aliphatic heterocycles. The monoisotopic (exact) mass is 375 g/mol. The number of guanidine groups is 1. The summed E-state index contributed by atoms with van der Waals surface area (Å²) in [5.41, 5.74) is 0. The molecule has 0 atom stereocenters. The molecule has 2 fully saturated rings. The van der Waals surface area contributed by atoms with Gasteiger partial charge in [0, 0.05) is 45.2 Å². The number of aromatic nitrogens is 3. The maximum absolute atomic E-state index is 12.2. The fraction of sp³-hybridized carbons (Fsp3) is 0.789. The molecule has 150 valence electrons. The second kappa shape index (κ2) is 8.71. The van der Waals surface area contributed by atoms with Gasteiger partial charge in [-0.1, -0.05) is 26.7 Å². The molecule has 0 spiro atoms. The van der Waals surface area contributed by atoms with Crippen molar-refractivity contribution in [1.82, 2.24) is 29.9 Å². The predicted octanol–water partition coefficient (Wildman–Crippen LogP) is 1.31. The minimum atomic E-state index is 0.0560. The zero-order valence-electron chi connectivity index (χ0n) is 17.1. The van der Waals surface area contributed by atoms with Crippen LogP contribution in [0.1, 0.15) is 51.2 Å². The van der Waals surface area contributed by atoms with Gasteiger partial charge < -0.3 is 19.7 Å². The molecule has 1 aliphatic carbocycles. The van der Waals surface area contributed by atoms with Gasteiger partial charge >= 0.3 is 0 Å². The van der Waals surface area contributed by atoms with Crippen molar-refractivity contribution in [2.45, 2.75) is 59.0 Å². The van der Waals surface area contributed by atoms with Crippen molar-refractivity contribution < 1.29 is 4.79 Å². The van der Waals surface area contributed by atoms with Crippen molar-refractivity contribution in [2.24, 2.45) is 18.0 Å². The number of piperazine rings is 1. The minimum Gasteiger partial charge on any atom is -0.353 e. The van der Waals surface area contributed by atoms with Crippen LogP contribution < -0.4 is 5.32 Å². The summed E-state index contributed by atoms with van der Waals surface area (Å²) in [6.45, 7) is 9.53. The molecule has 1 aromatic rings. The zero-order valence-corrected chi connectivity index (χ0v) is 17.1. The SMILES string of the molecule is Cc1nnc(CN=C(NC2CCCC2)N2CCN(C(=O)C(C)C)CC2)n1C. The van der Waals surface area contributed by atoms with E-state index in [4.69, 9.17) is 4.99 Å². The van der Waals surface area contributed by atoms with Crippen LogP contribution in [0.2, 0.25) is 0 Å². The third-order valence-corrected chi connectivity index (χ3v) is 5.63. The van der Waals surface area contributed by atoms with E-state index >= 15 is 0 Å². The van der Waals surface area contributed by atoms with Gasteiger partial charge in [0.2, 0.25) is 5.91 Å². The van der Waals surface area contributed by atoms with Crippen LogP contribution in [-0.4, -0.2) is 68.7 Å². The van der Waals surface area contributed by atoms with E-state index in [1.165, 1.54) is 25.7 Å². The fourth-order valence-electron chi connectivity index (χ4n) is 3.73. The molecule has 1 N–H and O–H groups in total. The Morgan fingerprint density at radius 1 is 1.15 bits per heavy atom. The van der Waals surface area contributed by atoms with Gasteiger partial charge in [-0.05, 0) is 19.8 Å². The molecule has 1 aromatic heterocycles. The lowest BCUT2D eigenvalue weighted by Crippen LogP contribution is -2.55. The second-order valence-electron chi connectivity index (χ2n) is 7.96. The summed E-state index contributed by atoms with van der Waals surface area (Å²) in [4.78, 5) is 21.4. The van der Waals surface area contributed by atoms with E-state index in [-0.39, 0.29) is 11.8 Å². The molecule has 0 unspecified atom stereocenters. The standard InChI is InChI=1S/C19H33N7O/c1-14(2)18(27)25-9-11-26(12-10-25)19(21-16-7-5-6-8-16)20-13-17-23-22-15(3)24(17)4/h14,16H,5-13H2,1-4H3,(H,20,21). The highest BCUT2D eigenvalue weighted by molar-refractivity contribution is 5.81. The largest absolute Gasteiger partial charge is 0.353 e. The minimum absolute atomic E-state index is 0.0560. The summed E-state index contributed by atoms with van der Waals surface area (Å²) < 4.78 is 1.98. The zero-order chi connectivity index (χ0) is 19.4. The Kier molecular flexibility index (Phi) is 6.34. The highest BCUT2D eigenvalue weighted by Crippen LogP contribution is 2.18. The quantitative estimate of drug-likeness (QED) is 0.634. The second-order valence-corrected chi connectivity index (χ2v) is 7.96. The highest BCUT2D eigenvalue weighted by Gasteiger charge is 2.26. The van der Waals surface area contributed by atoms with E-state index in [1.54, 1.807) is 0 Å². The molecule has 0 bridgehead atoms. The Morgan fingerprint density at radius 2 is 1.78 bits per heavy atom. The molecule has 2 heterocycles. The lowest BCUT2D eigenvalue weighted by molar-refractivity contribution is -0.135. The van der Waals surface area contributed by atoms with Gasteiger partial charge in [-0.25, -0.2) is 4.99 Å². The van der Waals surface area contributed by atoms with E-state index in [9.17, 15) is 4.79 Å². The highest BCUT2D eigenvalue weighted by atomic mass is 16.2. The summed E-state index contributed by atoms with van der Waals surface area (Å²) in [6.07, 6.45) is 4.97. The maximum Gasteiger partial charge on any atom is 0.225 e. The van der Waals surface area contributed by atoms with Crippen molar-refractivity contribution >= 4 is 11.9 Å². The molecule has 27 heavy (non-hydrogen) atoms. The van der Waals surface area contributed by atoms with Gasteiger partial charge in [0.15, 0.2) is 11.8 Å². The molecule has 0 aromatic carbocycles. The molecule has 1 saturated heterocycles. The molecule has 8 heteroatoms. The van der Waals surface area contributed by atoms with E-state index in [1.807, 2.05) is 37.3 Å². The van der Waals surface area contributed by atoms with E-state index in [0.29, 0.717) is 12.6 Å². The predicted molar refractivity (Wildman–Crippen MR) is 105 cm³/mol. The Balaban J connectivity index is 1.67. The first-order chi connectivity index (χ1) is 13.0. The molecule has 0 radical (unpaired) electrons. The summed E-state index contributed by atoms with van der Waals surface area (Å²) in [5.74, 6) is 3.00. The summed E-state index contributed by atoms with van der Waals surface area (Å²) >= 11 is 0. The molecule has 8 nitrogen and oxygen atoms in total. The van der Waals surface area contributed by atoms with Crippen LogP contribution in [-0.2, 0) is 18.4 Å². The van der Waals surface area contributed by atoms with Gasteiger partial charge in [0.1, 0.15) is 12.4 Å². The van der Waals surface area contributed by atoms with Crippen LogP contribution in [0.5, 0.6) is 0 Å². The first kappa shape index (κ1) is 19.6. The Bertz CT molecular complexity index is 668. The number of nitrogens with one attached hydrogen (secondary N) is 1. The Hall–Kier alpha value is -2.12. The molecule has 2 aliphatic rings. The maximum atomic E-state index is 12.2. The van der Waals surface area contributed by atoms with Crippen molar-refractivity contribution in [2.75, 3.05) is 26.2 Å². The van der Waals surface area contributed by atoms with Gasteiger partial charge in [0.25, 0.3) is 0 Å². The van der Waals surface area contributed by atoms with Gasteiger partial charge in [0.05, 0.1) is 0 Å². The number of amides is 1. The van der Waals surface area contributed by atoms with Crippen molar-refractivity contribution in [3.63, 3.8) is 0 Å². The van der Waals surface area contributed by atoms with E-state index < -0.39 is 0 Å². The average molecular weight is 376 g/mol. The molecule has 1 saturated carbocycles. The number of nitrogens with zero attached hydrogens (tertiary/aromatic N) is 6. The molecular weight excluding hydrogens is 342 g/mol. The summed E-state index contributed by atoms with van der Waals surface area (Å²) in [7, 11) is 1.97. The van der Waals surface area contributed by atoms with Crippen LogP contribution in [0.4, 0.5) is 0 Å². The van der Waals surface area contributed by atoms with Crippen LogP contribution >= 0.6 is 0 Å². The third-order valence-electron chi connectivity index (χ3n) is 5.63.